The Morgan fingerprint density at radius 1 is 0.941 bits per heavy atom. The molecule has 0 fully saturated rings. The van der Waals surface area contributed by atoms with Crippen molar-refractivity contribution in [3.8, 4) is 0 Å². The Balaban J connectivity index is 3.16. The van der Waals surface area contributed by atoms with Gasteiger partial charge in [-0.25, -0.2) is 26.7 Å². The molecule has 0 aromatic heterocycles. The molecular formula is C10H4F5O2. The van der Waals surface area contributed by atoms with Crippen molar-refractivity contribution in [1.29, 1.82) is 0 Å². The molecule has 1 aromatic carbocycles. The van der Waals surface area contributed by atoms with Gasteiger partial charge in [-0.1, -0.05) is 0 Å². The van der Waals surface area contributed by atoms with E-state index in [1.165, 1.54) is 0 Å². The van der Waals surface area contributed by atoms with Gasteiger partial charge in [0.25, 0.3) is 0 Å². The highest BCUT2D eigenvalue weighted by molar-refractivity contribution is 5.52. The Hall–Kier alpha value is -1.92. The van der Waals surface area contributed by atoms with E-state index < -0.39 is 41.3 Å². The number of rotatable bonds is 4. The molecule has 0 heterocycles. The Morgan fingerprint density at radius 3 is 1.88 bits per heavy atom. The van der Waals surface area contributed by atoms with Gasteiger partial charge >= 0.3 is 6.47 Å². The molecule has 0 aliphatic carbocycles. The summed E-state index contributed by atoms with van der Waals surface area (Å²) in [6, 6.07) is 0. The van der Waals surface area contributed by atoms with Crippen molar-refractivity contribution in [3.05, 3.63) is 40.7 Å². The van der Waals surface area contributed by atoms with Crippen LogP contribution in [0.2, 0.25) is 0 Å². The van der Waals surface area contributed by atoms with E-state index in [0.717, 1.165) is 12.5 Å². The van der Waals surface area contributed by atoms with Gasteiger partial charge in [0.2, 0.25) is 5.82 Å². The maximum absolute atomic E-state index is 13.0. The molecule has 1 rings (SSSR count). The molecular weight excluding hydrogens is 247 g/mol. The third kappa shape index (κ3) is 2.61. The molecule has 0 spiro atoms. The number of benzene rings is 1. The highest BCUT2D eigenvalue weighted by Gasteiger charge is 2.23. The lowest BCUT2D eigenvalue weighted by Crippen LogP contribution is -2.04. The van der Waals surface area contributed by atoms with E-state index in [1.54, 1.807) is 0 Å². The van der Waals surface area contributed by atoms with Crippen LogP contribution in [-0.4, -0.2) is 13.1 Å². The largest absolute Gasteiger partial charge is 0.453 e. The van der Waals surface area contributed by atoms with Crippen molar-refractivity contribution in [2.45, 2.75) is 0 Å². The Bertz CT molecular complexity index is 441. The van der Waals surface area contributed by atoms with Crippen LogP contribution in [0.25, 0.3) is 6.08 Å². The Morgan fingerprint density at radius 2 is 1.41 bits per heavy atom. The van der Waals surface area contributed by atoms with Gasteiger partial charge in [-0.3, -0.25) is 0 Å². The molecule has 0 aliphatic rings. The van der Waals surface area contributed by atoms with Crippen molar-refractivity contribution < 1.29 is 31.5 Å². The summed E-state index contributed by atoms with van der Waals surface area (Å²) in [5, 5.41) is 0. The van der Waals surface area contributed by atoms with E-state index in [0.29, 0.717) is 6.08 Å². The summed E-state index contributed by atoms with van der Waals surface area (Å²) in [4.78, 5) is 9.60. The van der Waals surface area contributed by atoms with E-state index in [1.807, 2.05) is 0 Å². The molecule has 0 atom stereocenters. The second-order valence-corrected chi connectivity index (χ2v) is 2.78. The summed E-state index contributed by atoms with van der Waals surface area (Å²) >= 11 is 0. The summed E-state index contributed by atoms with van der Waals surface area (Å²) in [6.07, 6.45) is 1.52. The van der Waals surface area contributed by atoms with E-state index in [9.17, 15) is 26.7 Å². The van der Waals surface area contributed by atoms with Gasteiger partial charge in [0.05, 0.1) is 5.56 Å². The second kappa shape index (κ2) is 5.42. The zero-order valence-corrected chi connectivity index (χ0v) is 8.07. The van der Waals surface area contributed by atoms with Gasteiger partial charge in [0, 0.05) is 0 Å². The highest BCUT2D eigenvalue weighted by atomic mass is 19.2. The molecule has 7 heteroatoms. The minimum atomic E-state index is -2.23. The normalized spacial score (nSPS) is 10.9. The number of ether oxygens (including phenoxy) is 1. The van der Waals surface area contributed by atoms with Gasteiger partial charge in [0.15, 0.2) is 23.3 Å². The summed E-state index contributed by atoms with van der Waals surface area (Å²) in [5.74, 6) is -10.2. The standard InChI is InChI=1S/C10H4F5O2/c11-6-5(2-1-3-17-4-16)7(12)9(14)10(15)8(6)13/h1-2H,3H2. The van der Waals surface area contributed by atoms with Crippen molar-refractivity contribution in [1.82, 2.24) is 0 Å². The number of carbonyl (C=O) groups excluding carboxylic acids is 1. The fourth-order valence-electron chi connectivity index (χ4n) is 1.02. The molecule has 91 valence electrons. The van der Waals surface area contributed by atoms with Crippen LogP contribution < -0.4 is 0 Å². The van der Waals surface area contributed by atoms with Gasteiger partial charge in [-0.15, -0.1) is 0 Å². The van der Waals surface area contributed by atoms with Gasteiger partial charge in [0.1, 0.15) is 6.61 Å². The predicted octanol–water partition coefficient (Wildman–Crippen LogP) is 2.48. The van der Waals surface area contributed by atoms with E-state index in [4.69, 9.17) is 0 Å². The first kappa shape index (κ1) is 13.1. The van der Waals surface area contributed by atoms with Crippen LogP contribution in [0.1, 0.15) is 5.56 Å². The third-order valence-electron chi connectivity index (χ3n) is 1.77. The first-order chi connectivity index (χ1) is 8.00. The number of halogens is 5. The fraction of sp³-hybridized carbons (Fsp3) is 0.100. The first-order valence-corrected chi connectivity index (χ1v) is 4.17. The Kier molecular flexibility index (Phi) is 4.19. The molecule has 0 amide bonds. The Labute approximate surface area is 92.3 Å². The van der Waals surface area contributed by atoms with Crippen molar-refractivity contribution in [2.75, 3.05) is 6.61 Å². The molecule has 0 saturated carbocycles. The SMILES string of the molecule is O=[C]OCC=Cc1c(F)c(F)c(F)c(F)c1F. The summed E-state index contributed by atoms with van der Waals surface area (Å²) in [5.41, 5.74) is -1.10. The van der Waals surface area contributed by atoms with Crippen LogP contribution in [0.15, 0.2) is 6.08 Å². The van der Waals surface area contributed by atoms with Crippen molar-refractivity contribution in [3.63, 3.8) is 0 Å². The molecule has 1 radical (unpaired) electrons. The number of hydrogen-bond donors (Lipinski definition) is 0. The lowest BCUT2D eigenvalue weighted by molar-refractivity contribution is 0.314. The van der Waals surface area contributed by atoms with Gasteiger partial charge in [-0.05, 0) is 12.2 Å². The molecule has 0 N–H and O–H groups in total. The zero-order chi connectivity index (χ0) is 13.0. The van der Waals surface area contributed by atoms with Gasteiger partial charge in [-0.2, -0.15) is 0 Å². The lowest BCUT2D eigenvalue weighted by atomic mass is 10.1. The maximum Gasteiger partial charge on any atom is 0.417 e. The summed E-state index contributed by atoms with van der Waals surface area (Å²) < 4.78 is 68.1. The molecule has 1 aromatic rings. The lowest BCUT2D eigenvalue weighted by Gasteiger charge is -2.03. The fourth-order valence-corrected chi connectivity index (χ4v) is 1.02. The zero-order valence-electron chi connectivity index (χ0n) is 8.07. The van der Waals surface area contributed by atoms with Crippen LogP contribution in [0.5, 0.6) is 0 Å². The van der Waals surface area contributed by atoms with E-state index >= 15 is 0 Å². The minimum absolute atomic E-state index is 0.400. The smallest absolute Gasteiger partial charge is 0.417 e. The molecule has 0 bridgehead atoms. The predicted molar refractivity (Wildman–Crippen MR) is 46.9 cm³/mol. The van der Waals surface area contributed by atoms with Crippen LogP contribution in [-0.2, 0) is 9.53 Å². The summed E-state index contributed by atoms with van der Waals surface area (Å²) in [7, 11) is 0. The first-order valence-electron chi connectivity index (χ1n) is 4.17. The van der Waals surface area contributed by atoms with E-state index in [-0.39, 0.29) is 0 Å². The highest BCUT2D eigenvalue weighted by Crippen LogP contribution is 2.23. The van der Waals surface area contributed by atoms with E-state index in [2.05, 4.69) is 4.74 Å². The molecule has 2 nitrogen and oxygen atoms in total. The van der Waals surface area contributed by atoms with Crippen molar-refractivity contribution >= 4 is 12.5 Å². The quantitative estimate of drug-likeness (QED) is 0.355. The van der Waals surface area contributed by atoms with Gasteiger partial charge < -0.3 is 4.74 Å². The van der Waals surface area contributed by atoms with Crippen LogP contribution >= 0.6 is 0 Å². The molecule has 0 saturated heterocycles. The van der Waals surface area contributed by atoms with Crippen molar-refractivity contribution in [2.24, 2.45) is 0 Å². The topological polar surface area (TPSA) is 26.3 Å². The van der Waals surface area contributed by atoms with Crippen LogP contribution in [0.4, 0.5) is 22.0 Å². The second-order valence-electron chi connectivity index (χ2n) is 2.78. The van der Waals surface area contributed by atoms with Crippen LogP contribution in [0, 0.1) is 29.1 Å². The molecule has 0 unspecified atom stereocenters. The summed E-state index contributed by atoms with van der Waals surface area (Å²) in [6.45, 7) is 0.618. The molecule has 17 heavy (non-hydrogen) atoms. The maximum atomic E-state index is 13.0. The minimum Gasteiger partial charge on any atom is -0.453 e. The monoisotopic (exact) mass is 251 g/mol. The molecule has 0 aliphatic heterocycles. The number of hydrogen-bond acceptors (Lipinski definition) is 2. The van der Waals surface area contributed by atoms with Crippen LogP contribution in [0.3, 0.4) is 0 Å². The third-order valence-corrected chi connectivity index (χ3v) is 1.77. The average Bonchev–Trinajstić information content (AvgIpc) is 2.33. The average molecular weight is 251 g/mol.